The number of hydrogen-bond acceptors (Lipinski definition) is 4. The zero-order valence-corrected chi connectivity index (χ0v) is 18.0. The molecule has 5 nitrogen and oxygen atoms in total. The van der Waals surface area contributed by atoms with Gasteiger partial charge in [-0.3, -0.25) is 4.98 Å². The van der Waals surface area contributed by atoms with Crippen molar-refractivity contribution in [3.05, 3.63) is 77.3 Å². The second-order valence-electron chi connectivity index (χ2n) is 7.33. The molecule has 3 aromatic rings. The molecule has 1 N–H and O–H groups in total. The Bertz CT molecular complexity index is 974. The molecular weight excluding hydrogens is 404 g/mol. The van der Waals surface area contributed by atoms with Gasteiger partial charge in [0.05, 0.1) is 11.7 Å². The van der Waals surface area contributed by atoms with Crippen molar-refractivity contribution in [3.63, 3.8) is 0 Å². The van der Waals surface area contributed by atoms with Crippen LogP contribution in [0.3, 0.4) is 0 Å². The van der Waals surface area contributed by atoms with E-state index >= 15 is 0 Å². The number of thiocarbonyl (C=S) groups is 1. The van der Waals surface area contributed by atoms with Gasteiger partial charge in [-0.2, -0.15) is 0 Å². The average molecular weight is 427 g/mol. The number of aromatic nitrogens is 1. The van der Waals surface area contributed by atoms with Crippen LogP contribution in [0.4, 0.5) is 0 Å². The number of nitrogens with zero attached hydrogens (tertiary/aromatic N) is 3. The van der Waals surface area contributed by atoms with Crippen LogP contribution in [0.5, 0.6) is 0 Å². The highest BCUT2D eigenvalue weighted by Crippen LogP contribution is 2.40. The van der Waals surface area contributed by atoms with Crippen LogP contribution >= 0.6 is 23.8 Å². The van der Waals surface area contributed by atoms with E-state index in [9.17, 15) is 0 Å². The minimum Gasteiger partial charge on any atom is -0.459 e. The summed E-state index contributed by atoms with van der Waals surface area (Å²) in [6.45, 7) is 1.68. The maximum Gasteiger partial charge on any atom is 0.170 e. The van der Waals surface area contributed by atoms with Gasteiger partial charge in [-0.05, 0) is 74.8 Å². The first kappa shape index (κ1) is 19.9. The summed E-state index contributed by atoms with van der Waals surface area (Å²) in [4.78, 5) is 8.90. The van der Waals surface area contributed by atoms with Crippen LogP contribution < -0.4 is 5.32 Å². The van der Waals surface area contributed by atoms with Crippen molar-refractivity contribution in [1.29, 1.82) is 0 Å². The van der Waals surface area contributed by atoms with Crippen molar-refractivity contribution < 1.29 is 4.42 Å². The minimum absolute atomic E-state index is 0.0709. The molecule has 0 amide bonds. The molecule has 0 bridgehead atoms. The van der Waals surface area contributed by atoms with Gasteiger partial charge in [-0.15, -0.1) is 0 Å². The van der Waals surface area contributed by atoms with Gasteiger partial charge >= 0.3 is 0 Å². The Morgan fingerprint density at radius 3 is 2.62 bits per heavy atom. The molecular formula is C22H23ClN4OS. The zero-order valence-electron chi connectivity index (χ0n) is 16.4. The lowest BCUT2D eigenvalue weighted by atomic mass is 10.0. The molecule has 3 heterocycles. The highest BCUT2D eigenvalue weighted by Gasteiger charge is 2.41. The number of hydrogen-bond donors (Lipinski definition) is 1. The topological polar surface area (TPSA) is 44.5 Å². The SMILES string of the molecule is CN(C)CCN1C(=S)N[C@@H](c2ccccn2)[C@@H]1c1ccc(-c2ccc(Cl)cc2)o1. The van der Waals surface area contributed by atoms with E-state index in [0.29, 0.717) is 5.02 Å². The fraction of sp³-hybridized carbons (Fsp3) is 0.273. The summed E-state index contributed by atoms with van der Waals surface area (Å²) in [6, 6.07) is 17.5. The molecule has 29 heavy (non-hydrogen) atoms. The Hall–Kier alpha value is -2.41. The molecule has 0 radical (unpaired) electrons. The van der Waals surface area contributed by atoms with Crippen molar-refractivity contribution in [1.82, 2.24) is 20.1 Å². The monoisotopic (exact) mass is 426 g/mol. The van der Waals surface area contributed by atoms with Crippen molar-refractivity contribution in [2.24, 2.45) is 0 Å². The van der Waals surface area contributed by atoms with Gasteiger partial charge in [-0.1, -0.05) is 17.7 Å². The Balaban J connectivity index is 1.69. The number of nitrogens with one attached hydrogen (secondary N) is 1. The van der Waals surface area contributed by atoms with Crippen LogP contribution in [0.1, 0.15) is 23.5 Å². The van der Waals surface area contributed by atoms with Gasteiger partial charge in [0.25, 0.3) is 0 Å². The summed E-state index contributed by atoms with van der Waals surface area (Å²) in [5, 5.41) is 4.87. The maximum atomic E-state index is 6.30. The summed E-state index contributed by atoms with van der Waals surface area (Å²) >= 11 is 11.7. The Morgan fingerprint density at radius 2 is 1.93 bits per heavy atom. The van der Waals surface area contributed by atoms with Gasteiger partial charge in [0.15, 0.2) is 5.11 Å². The molecule has 1 aromatic carbocycles. The van der Waals surface area contributed by atoms with E-state index < -0.39 is 0 Å². The van der Waals surface area contributed by atoms with E-state index in [4.69, 9.17) is 28.2 Å². The molecule has 1 fully saturated rings. The standard InChI is InChI=1S/C22H23ClN4OS/c1-26(2)13-14-27-21(20(25-22(27)29)17-5-3-4-12-24-17)19-11-10-18(28-19)15-6-8-16(23)9-7-15/h3-12,20-21H,13-14H2,1-2H3,(H,25,29)/t20-,21-/m0/s1. The first-order chi connectivity index (χ1) is 14.0. The average Bonchev–Trinajstić information content (AvgIpc) is 3.32. The largest absolute Gasteiger partial charge is 0.459 e. The number of likely N-dealkylation sites (N-methyl/N-ethyl adjacent to an activating group) is 1. The van der Waals surface area contributed by atoms with Crippen molar-refractivity contribution in [2.75, 3.05) is 27.2 Å². The molecule has 1 aliphatic heterocycles. The van der Waals surface area contributed by atoms with E-state index in [-0.39, 0.29) is 12.1 Å². The molecule has 0 saturated carbocycles. The summed E-state index contributed by atoms with van der Waals surface area (Å²) in [5.74, 6) is 1.67. The summed E-state index contributed by atoms with van der Waals surface area (Å²) < 4.78 is 6.30. The Kier molecular flexibility index (Phi) is 5.85. The molecule has 0 unspecified atom stereocenters. The van der Waals surface area contributed by atoms with Crippen LogP contribution in [-0.4, -0.2) is 47.1 Å². The summed E-state index contributed by atoms with van der Waals surface area (Å²) in [6.07, 6.45) is 1.81. The molecule has 2 aromatic heterocycles. The summed E-state index contributed by atoms with van der Waals surface area (Å²) in [5.41, 5.74) is 1.93. The van der Waals surface area contributed by atoms with Gasteiger partial charge in [0.2, 0.25) is 0 Å². The van der Waals surface area contributed by atoms with Crippen LogP contribution in [-0.2, 0) is 0 Å². The fourth-order valence-corrected chi connectivity index (χ4v) is 4.00. The predicted octanol–water partition coefficient (Wildman–Crippen LogP) is 4.53. The van der Waals surface area contributed by atoms with Gasteiger partial charge in [0, 0.05) is 29.9 Å². The van der Waals surface area contributed by atoms with E-state index in [2.05, 4.69) is 34.2 Å². The molecule has 0 spiro atoms. The third-order valence-corrected chi connectivity index (χ3v) is 5.64. The van der Waals surface area contributed by atoms with E-state index in [1.54, 1.807) is 6.20 Å². The lowest BCUT2D eigenvalue weighted by Crippen LogP contribution is -2.35. The molecule has 150 valence electrons. The molecule has 4 rings (SSSR count). The third kappa shape index (κ3) is 4.29. The van der Waals surface area contributed by atoms with Crippen molar-refractivity contribution >= 4 is 28.9 Å². The lowest BCUT2D eigenvalue weighted by molar-refractivity contribution is 0.250. The number of pyridine rings is 1. The van der Waals surface area contributed by atoms with E-state index in [1.807, 2.05) is 54.6 Å². The normalized spacial score (nSPS) is 19.0. The minimum atomic E-state index is -0.0740. The fourth-order valence-electron chi connectivity index (χ4n) is 3.54. The Morgan fingerprint density at radius 1 is 1.14 bits per heavy atom. The number of benzene rings is 1. The van der Waals surface area contributed by atoms with Gasteiger partial charge < -0.3 is 19.5 Å². The van der Waals surface area contributed by atoms with Crippen LogP contribution in [0.25, 0.3) is 11.3 Å². The van der Waals surface area contributed by atoms with Crippen LogP contribution in [0.15, 0.2) is 65.2 Å². The third-order valence-electron chi connectivity index (χ3n) is 5.03. The highest BCUT2D eigenvalue weighted by molar-refractivity contribution is 7.80. The summed E-state index contributed by atoms with van der Waals surface area (Å²) in [7, 11) is 4.12. The Labute approximate surface area is 181 Å². The second-order valence-corrected chi connectivity index (χ2v) is 8.16. The number of furan rings is 1. The number of rotatable bonds is 6. The maximum absolute atomic E-state index is 6.30. The van der Waals surface area contributed by atoms with Crippen molar-refractivity contribution in [3.8, 4) is 11.3 Å². The zero-order chi connectivity index (χ0) is 20.4. The van der Waals surface area contributed by atoms with Crippen LogP contribution in [0, 0.1) is 0 Å². The molecule has 1 aliphatic rings. The lowest BCUT2D eigenvalue weighted by Gasteiger charge is -2.27. The van der Waals surface area contributed by atoms with E-state index in [1.165, 1.54) is 0 Å². The first-order valence-electron chi connectivity index (χ1n) is 9.51. The van der Waals surface area contributed by atoms with Crippen molar-refractivity contribution in [2.45, 2.75) is 12.1 Å². The molecule has 1 saturated heterocycles. The highest BCUT2D eigenvalue weighted by atomic mass is 35.5. The smallest absolute Gasteiger partial charge is 0.170 e. The predicted molar refractivity (Wildman–Crippen MR) is 120 cm³/mol. The first-order valence-corrected chi connectivity index (χ1v) is 10.3. The number of halogens is 1. The quantitative estimate of drug-likeness (QED) is 0.584. The molecule has 2 atom stereocenters. The van der Waals surface area contributed by atoms with E-state index in [0.717, 1.165) is 41.0 Å². The molecule has 7 heteroatoms. The second kappa shape index (κ2) is 8.53. The van der Waals surface area contributed by atoms with Gasteiger partial charge in [0.1, 0.15) is 17.6 Å². The van der Waals surface area contributed by atoms with Crippen LogP contribution in [0.2, 0.25) is 5.02 Å². The van der Waals surface area contributed by atoms with Gasteiger partial charge in [-0.25, -0.2) is 0 Å². The molecule has 0 aliphatic carbocycles.